The van der Waals surface area contributed by atoms with Gasteiger partial charge in [-0.3, -0.25) is 0 Å². The van der Waals surface area contributed by atoms with Crippen molar-refractivity contribution in [2.45, 2.75) is 50.8 Å². The molecule has 2 atom stereocenters. The van der Waals surface area contributed by atoms with E-state index >= 15 is 0 Å². The van der Waals surface area contributed by atoms with Crippen LogP contribution in [0.25, 0.3) is 0 Å². The lowest BCUT2D eigenvalue weighted by atomic mass is 10.2. The molecule has 98 valence electrons. The van der Waals surface area contributed by atoms with Crippen LogP contribution in [-0.4, -0.2) is 35.6 Å². The molecule has 0 aliphatic rings. The first-order chi connectivity index (χ1) is 7.85. The van der Waals surface area contributed by atoms with Crippen LogP contribution >= 0.6 is 0 Å². The zero-order valence-electron chi connectivity index (χ0n) is 10.3. The second-order valence-corrected chi connectivity index (χ2v) is 5.84. The third kappa shape index (κ3) is 4.10. The molecule has 0 aromatic carbocycles. The minimum Gasteiger partial charge on any atom is -0.393 e. The van der Waals surface area contributed by atoms with E-state index in [4.69, 9.17) is 0 Å². The fraction of sp³-hybridized carbons (Fsp3) is 0.700. The van der Waals surface area contributed by atoms with Crippen molar-refractivity contribution in [3.8, 4) is 0 Å². The van der Waals surface area contributed by atoms with Gasteiger partial charge in [0.05, 0.1) is 12.3 Å². The van der Waals surface area contributed by atoms with Gasteiger partial charge in [0.2, 0.25) is 0 Å². The minimum atomic E-state index is -3.57. The monoisotopic (exact) mass is 261 g/mol. The summed E-state index contributed by atoms with van der Waals surface area (Å²) in [5.41, 5.74) is 0. The molecule has 6 nitrogen and oxygen atoms in total. The van der Waals surface area contributed by atoms with E-state index in [0.717, 1.165) is 0 Å². The summed E-state index contributed by atoms with van der Waals surface area (Å²) in [4.78, 5) is 6.68. The van der Waals surface area contributed by atoms with Crippen LogP contribution in [-0.2, 0) is 16.4 Å². The highest BCUT2D eigenvalue weighted by molar-refractivity contribution is 7.89. The standard InChI is InChI=1S/C10H19N3O3S/c1-4-9-11-6-10(12-9)17(15,16)13-7(2)5-8(3)14/h6-8,13-14H,4-5H2,1-3H3,(H,11,12). The largest absolute Gasteiger partial charge is 0.393 e. The van der Waals surface area contributed by atoms with Crippen molar-refractivity contribution in [3.05, 3.63) is 12.0 Å². The Morgan fingerprint density at radius 2 is 2.18 bits per heavy atom. The van der Waals surface area contributed by atoms with Gasteiger partial charge in [-0.1, -0.05) is 6.92 Å². The molecule has 17 heavy (non-hydrogen) atoms. The molecule has 1 rings (SSSR count). The molecule has 0 bridgehead atoms. The third-order valence-corrected chi connectivity index (χ3v) is 3.78. The Balaban J connectivity index is 2.74. The van der Waals surface area contributed by atoms with Gasteiger partial charge in [0.1, 0.15) is 5.82 Å². The highest BCUT2D eigenvalue weighted by atomic mass is 32.2. The number of sulfonamides is 1. The molecule has 0 fully saturated rings. The maximum atomic E-state index is 11.9. The minimum absolute atomic E-state index is 0.0618. The van der Waals surface area contributed by atoms with E-state index in [1.165, 1.54) is 6.20 Å². The number of imidazole rings is 1. The van der Waals surface area contributed by atoms with E-state index < -0.39 is 16.1 Å². The molecule has 0 radical (unpaired) electrons. The molecule has 1 heterocycles. The van der Waals surface area contributed by atoms with Crippen molar-refractivity contribution >= 4 is 10.0 Å². The van der Waals surface area contributed by atoms with Crippen molar-refractivity contribution in [1.82, 2.24) is 14.7 Å². The van der Waals surface area contributed by atoms with Crippen LogP contribution in [0.3, 0.4) is 0 Å². The summed E-state index contributed by atoms with van der Waals surface area (Å²) in [6.07, 6.45) is 1.78. The summed E-state index contributed by atoms with van der Waals surface area (Å²) >= 11 is 0. The molecule has 0 aliphatic carbocycles. The van der Waals surface area contributed by atoms with Crippen LogP contribution in [0.2, 0.25) is 0 Å². The van der Waals surface area contributed by atoms with E-state index in [9.17, 15) is 13.5 Å². The number of hydrogen-bond acceptors (Lipinski definition) is 4. The normalized spacial score (nSPS) is 15.8. The maximum absolute atomic E-state index is 11.9. The first-order valence-corrected chi connectivity index (χ1v) is 7.07. The van der Waals surface area contributed by atoms with Crippen molar-refractivity contribution in [2.24, 2.45) is 0 Å². The van der Waals surface area contributed by atoms with Gasteiger partial charge < -0.3 is 10.1 Å². The Hall–Kier alpha value is -0.920. The van der Waals surface area contributed by atoms with Crippen molar-refractivity contribution < 1.29 is 13.5 Å². The predicted octanol–water partition coefficient (Wildman–Crippen LogP) is 0.410. The van der Waals surface area contributed by atoms with Crippen LogP contribution in [0, 0.1) is 0 Å². The van der Waals surface area contributed by atoms with Crippen LogP contribution in [0.15, 0.2) is 11.2 Å². The number of aliphatic hydroxyl groups excluding tert-OH is 1. The molecule has 0 saturated heterocycles. The first-order valence-electron chi connectivity index (χ1n) is 5.59. The number of H-pyrrole nitrogens is 1. The van der Waals surface area contributed by atoms with E-state index in [1.54, 1.807) is 13.8 Å². The van der Waals surface area contributed by atoms with Gasteiger partial charge >= 0.3 is 0 Å². The number of nitrogens with zero attached hydrogens (tertiary/aromatic N) is 1. The number of hydrogen-bond donors (Lipinski definition) is 3. The SMILES string of the molecule is CCc1ncc(S(=O)(=O)NC(C)CC(C)O)[nH]1. The quantitative estimate of drug-likeness (QED) is 0.691. The van der Waals surface area contributed by atoms with Gasteiger partial charge in [-0.2, -0.15) is 0 Å². The van der Waals surface area contributed by atoms with Gasteiger partial charge in [0.15, 0.2) is 5.03 Å². The summed E-state index contributed by atoms with van der Waals surface area (Å²) in [5.74, 6) is 0.633. The second kappa shape index (κ2) is 5.61. The number of aromatic amines is 1. The zero-order chi connectivity index (χ0) is 13.1. The number of aryl methyl sites for hydroxylation is 1. The molecule has 3 N–H and O–H groups in total. The summed E-state index contributed by atoms with van der Waals surface area (Å²) in [7, 11) is -3.57. The van der Waals surface area contributed by atoms with Gasteiger partial charge in [0.25, 0.3) is 10.0 Å². The van der Waals surface area contributed by atoms with E-state index in [0.29, 0.717) is 18.7 Å². The number of aliphatic hydroxyl groups is 1. The second-order valence-electron chi connectivity index (χ2n) is 4.15. The Bertz CT molecular complexity index is 453. The Kier molecular flexibility index (Phi) is 4.67. The van der Waals surface area contributed by atoms with Crippen LogP contribution in [0.1, 0.15) is 33.0 Å². The first kappa shape index (κ1) is 14.1. The maximum Gasteiger partial charge on any atom is 0.257 e. The molecular formula is C10H19N3O3S. The number of nitrogens with one attached hydrogen (secondary N) is 2. The zero-order valence-corrected chi connectivity index (χ0v) is 11.1. The molecule has 1 aromatic heterocycles. The van der Waals surface area contributed by atoms with E-state index in [-0.39, 0.29) is 11.1 Å². The number of aromatic nitrogens is 2. The Morgan fingerprint density at radius 1 is 1.53 bits per heavy atom. The lowest BCUT2D eigenvalue weighted by molar-refractivity contribution is 0.175. The summed E-state index contributed by atoms with van der Waals surface area (Å²) in [5, 5.41) is 9.24. The van der Waals surface area contributed by atoms with Crippen LogP contribution in [0.5, 0.6) is 0 Å². The highest BCUT2D eigenvalue weighted by Crippen LogP contribution is 2.08. The fourth-order valence-electron chi connectivity index (χ4n) is 1.55. The molecule has 2 unspecified atom stereocenters. The van der Waals surface area contributed by atoms with Gasteiger partial charge in [-0.15, -0.1) is 0 Å². The highest BCUT2D eigenvalue weighted by Gasteiger charge is 2.20. The topological polar surface area (TPSA) is 95.1 Å². The third-order valence-electron chi connectivity index (χ3n) is 2.28. The Labute approximate surface area is 102 Å². The van der Waals surface area contributed by atoms with Crippen LogP contribution in [0.4, 0.5) is 0 Å². The molecular weight excluding hydrogens is 242 g/mol. The lowest BCUT2D eigenvalue weighted by Gasteiger charge is -2.14. The smallest absolute Gasteiger partial charge is 0.257 e. The Morgan fingerprint density at radius 3 is 2.65 bits per heavy atom. The molecule has 7 heteroatoms. The average Bonchev–Trinajstić information content (AvgIpc) is 2.63. The molecule has 0 spiro atoms. The summed E-state index contributed by atoms with van der Waals surface area (Å²) < 4.78 is 26.3. The van der Waals surface area contributed by atoms with Gasteiger partial charge in [-0.05, 0) is 20.3 Å². The van der Waals surface area contributed by atoms with Gasteiger partial charge in [-0.25, -0.2) is 18.1 Å². The summed E-state index contributed by atoms with van der Waals surface area (Å²) in [6, 6.07) is -0.326. The number of rotatable bonds is 6. The van der Waals surface area contributed by atoms with Crippen molar-refractivity contribution in [2.75, 3.05) is 0 Å². The molecule has 1 aromatic rings. The van der Waals surface area contributed by atoms with E-state index in [2.05, 4.69) is 14.7 Å². The summed E-state index contributed by atoms with van der Waals surface area (Å²) in [6.45, 7) is 5.22. The average molecular weight is 261 g/mol. The molecule has 0 saturated carbocycles. The van der Waals surface area contributed by atoms with Crippen molar-refractivity contribution in [3.63, 3.8) is 0 Å². The molecule has 0 aliphatic heterocycles. The fourth-order valence-corrected chi connectivity index (χ4v) is 2.74. The van der Waals surface area contributed by atoms with E-state index in [1.807, 2.05) is 6.92 Å². The lowest BCUT2D eigenvalue weighted by Crippen LogP contribution is -2.34. The predicted molar refractivity (Wildman–Crippen MR) is 64.0 cm³/mol. The van der Waals surface area contributed by atoms with Gasteiger partial charge in [0, 0.05) is 12.5 Å². The van der Waals surface area contributed by atoms with Crippen molar-refractivity contribution in [1.29, 1.82) is 0 Å². The van der Waals surface area contributed by atoms with Crippen LogP contribution < -0.4 is 4.72 Å². The molecule has 0 amide bonds.